The number of rotatable bonds is 7. The molecular weight excluding hydrogens is 212 g/mol. The van der Waals surface area contributed by atoms with Crippen LogP contribution in [0.25, 0.3) is 0 Å². The van der Waals surface area contributed by atoms with Crippen LogP contribution in [0.3, 0.4) is 0 Å². The smallest absolute Gasteiger partial charge is 0.222 e. The standard InChI is InChI=1S/C13H24N4/c1-5-6-15-13-16-9-12(11(4)17-13)8-14-7-10(2)3/h9-10,14H,5-8H2,1-4H3,(H,15,16,17). The minimum absolute atomic E-state index is 0.668. The maximum atomic E-state index is 4.45. The molecule has 0 aromatic carbocycles. The number of nitrogens with zero attached hydrogens (tertiary/aromatic N) is 2. The van der Waals surface area contributed by atoms with Crippen molar-refractivity contribution in [3.63, 3.8) is 0 Å². The van der Waals surface area contributed by atoms with Gasteiger partial charge in [-0.15, -0.1) is 0 Å². The van der Waals surface area contributed by atoms with Crippen molar-refractivity contribution in [2.24, 2.45) is 5.92 Å². The van der Waals surface area contributed by atoms with Crippen LogP contribution in [-0.4, -0.2) is 23.1 Å². The van der Waals surface area contributed by atoms with Gasteiger partial charge in [-0.25, -0.2) is 9.97 Å². The van der Waals surface area contributed by atoms with Gasteiger partial charge in [0.15, 0.2) is 0 Å². The molecule has 4 heteroatoms. The molecule has 1 heterocycles. The van der Waals surface area contributed by atoms with Crippen molar-refractivity contribution < 1.29 is 0 Å². The van der Waals surface area contributed by atoms with E-state index in [1.54, 1.807) is 0 Å². The molecule has 0 amide bonds. The summed E-state index contributed by atoms with van der Waals surface area (Å²) in [6.07, 6.45) is 2.99. The number of nitrogens with one attached hydrogen (secondary N) is 2. The minimum atomic E-state index is 0.668. The second-order valence-electron chi connectivity index (χ2n) is 4.76. The molecule has 4 nitrogen and oxygen atoms in total. The van der Waals surface area contributed by atoms with Gasteiger partial charge in [0.2, 0.25) is 5.95 Å². The zero-order valence-electron chi connectivity index (χ0n) is 11.4. The first-order valence-electron chi connectivity index (χ1n) is 6.40. The fraction of sp³-hybridized carbons (Fsp3) is 0.692. The molecule has 0 radical (unpaired) electrons. The molecule has 0 aliphatic rings. The molecule has 1 aromatic heterocycles. The molecule has 0 atom stereocenters. The van der Waals surface area contributed by atoms with Crippen LogP contribution in [0.2, 0.25) is 0 Å². The van der Waals surface area contributed by atoms with Crippen LogP contribution in [0, 0.1) is 12.8 Å². The van der Waals surface area contributed by atoms with E-state index in [2.05, 4.69) is 41.4 Å². The van der Waals surface area contributed by atoms with Crippen molar-refractivity contribution in [2.45, 2.75) is 40.7 Å². The Morgan fingerprint density at radius 3 is 2.71 bits per heavy atom. The lowest BCUT2D eigenvalue weighted by atomic mass is 10.2. The summed E-state index contributed by atoms with van der Waals surface area (Å²) >= 11 is 0. The highest BCUT2D eigenvalue weighted by atomic mass is 15.1. The van der Waals surface area contributed by atoms with E-state index < -0.39 is 0 Å². The highest BCUT2D eigenvalue weighted by molar-refractivity contribution is 5.28. The van der Waals surface area contributed by atoms with Gasteiger partial charge in [0.05, 0.1) is 0 Å². The van der Waals surface area contributed by atoms with Crippen LogP contribution < -0.4 is 10.6 Å². The fourth-order valence-corrected chi connectivity index (χ4v) is 1.48. The van der Waals surface area contributed by atoms with Gasteiger partial charge in [0.25, 0.3) is 0 Å². The van der Waals surface area contributed by atoms with Gasteiger partial charge in [-0.2, -0.15) is 0 Å². The molecule has 96 valence electrons. The Kier molecular flexibility index (Phi) is 5.91. The molecule has 0 fully saturated rings. The molecule has 17 heavy (non-hydrogen) atoms. The molecule has 0 saturated carbocycles. The number of aryl methyl sites for hydroxylation is 1. The largest absolute Gasteiger partial charge is 0.354 e. The van der Waals surface area contributed by atoms with Gasteiger partial charge in [-0.3, -0.25) is 0 Å². The second-order valence-corrected chi connectivity index (χ2v) is 4.76. The van der Waals surface area contributed by atoms with E-state index in [9.17, 15) is 0 Å². The number of hydrogen-bond acceptors (Lipinski definition) is 4. The third-order valence-electron chi connectivity index (χ3n) is 2.48. The van der Waals surface area contributed by atoms with Crippen molar-refractivity contribution in [3.05, 3.63) is 17.5 Å². The zero-order chi connectivity index (χ0) is 12.7. The molecule has 0 unspecified atom stereocenters. The normalized spacial score (nSPS) is 10.9. The van der Waals surface area contributed by atoms with Crippen molar-refractivity contribution in [1.29, 1.82) is 0 Å². The van der Waals surface area contributed by atoms with Gasteiger partial charge in [0, 0.05) is 30.5 Å². The second kappa shape index (κ2) is 7.22. The van der Waals surface area contributed by atoms with Crippen LogP contribution in [0.4, 0.5) is 5.95 Å². The van der Waals surface area contributed by atoms with Crippen molar-refractivity contribution in [3.8, 4) is 0 Å². The highest BCUT2D eigenvalue weighted by Gasteiger charge is 2.03. The van der Waals surface area contributed by atoms with E-state index in [0.717, 1.165) is 37.7 Å². The van der Waals surface area contributed by atoms with Crippen LogP contribution in [0.15, 0.2) is 6.20 Å². The van der Waals surface area contributed by atoms with Crippen LogP contribution in [-0.2, 0) is 6.54 Å². The van der Waals surface area contributed by atoms with Gasteiger partial charge in [0.1, 0.15) is 0 Å². The number of anilines is 1. The summed E-state index contributed by atoms with van der Waals surface area (Å²) in [5, 5.41) is 6.60. The Hall–Kier alpha value is -1.16. The van der Waals surface area contributed by atoms with Crippen molar-refractivity contribution >= 4 is 5.95 Å². The van der Waals surface area contributed by atoms with E-state index in [4.69, 9.17) is 0 Å². The Morgan fingerprint density at radius 1 is 1.35 bits per heavy atom. The average molecular weight is 236 g/mol. The number of aromatic nitrogens is 2. The summed E-state index contributed by atoms with van der Waals surface area (Å²) < 4.78 is 0. The first-order valence-corrected chi connectivity index (χ1v) is 6.40. The predicted molar refractivity (Wildman–Crippen MR) is 72.1 cm³/mol. The summed E-state index contributed by atoms with van der Waals surface area (Å²) in [7, 11) is 0. The Bertz CT molecular complexity index is 336. The van der Waals surface area contributed by atoms with E-state index in [1.165, 1.54) is 5.56 Å². The fourth-order valence-electron chi connectivity index (χ4n) is 1.48. The lowest BCUT2D eigenvalue weighted by Crippen LogP contribution is -2.20. The molecule has 0 saturated heterocycles. The van der Waals surface area contributed by atoms with Crippen LogP contribution in [0.1, 0.15) is 38.4 Å². The monoisotopic (exact) mass is 236 g/mol. The van der Waals surface area contributed by atoms with Crippen LogP contribution in [0.5, 0.6) is 0 Å². The van der Waals surface area contributed by atoms with E-state index >= 15 is 0 Å². The molecule has 0 bridgehead atoms. The molecule has 1 aromatic rings. The summed E-state index contributed by atoms with van der Waals surface area (Å²) in [4.78, 5) is 8.76. The average Bonchev–Trinajstić information content (AvgIpc) is 2.28. The zero-order valence-corrected chi connectivity index (χ0v) is 11.4. The van der Waals surface area contributed by atoms with Gasteiger partial charge in [-0.05, 0) is 25.8 Å². The first-order chi connectivity index (χ1) is 8.13. The molecule has 0 spiro atoms. The third kappa shape index (κ3) is 5.13. The lowest BCUT2D eigenvalue weighted by molar-refractivity contribution is 0.550. The lowest BCUT2D eigenvalue weighted by Gasteiger charge is -2.10. The van der Waals surface area contributed by atoms with Gasteiger partial charge >= 0.3 is 0 Å². The summed E-state index contributed by atoms with van der Waals surface area (Å²) in [5.41, 5.74) is 2.22. The molecular formula is C13H24N4. The number of hydrogen-bond donors (Lipinski definition) is 2. The molecule has 2 N–H and O–H groups in total. The van der Waals surface area contributed by atoms with E-state index in [0.29, 0.717) is 5.92 Å². The Balaban J connectivity index is 2.50. The summed E-state index contributed by atoms with van der Waals surface area (Å²) in [6, 6.07) is 0. The SMILES string of the molecule is CCCNc1ncc(CNCC(C)C)c(C)n1. The van der Waals surface area contributed by atoms with E-state index in [1.807, 2.05) is 13.1 Å². The minimum Gasteiger partial charge on any atom is -0.354 e. The van der Waals surface area contributed by atoms with Crippen molar-refractivity contribution in [2.75, 3.05) is 18.4 Å². The maximum Gasteiger partial charge on any atom is 0.222 e. The third-order valence-corrected chi connectivity index (χ3v) is 2.48. The summed E-state index contributed by atoms with van der Waals surface area (Å²) in [5.74, 6) is 1.40. The Morgan fingerprint density at radius 2 is 2.12 bits per heavy atom. The maximum absolute atomic E-state index is 4.45. The topological polar surface area (TPSA) is 49.8 Å². The highest BCUT2D eigenvalue weighted by Crippen LogP contribution is 2.07. The molecule has 0 aliphatic heterocycles. The van der Waals surface area contributed by atoms with Gasteiger partial charge < -0.3 is 10.6 Å². The van der Waals surface area contributed by atoms with Crippen LogP contribution >= 0.6 is 0 Å². The molecule has 0 aliphatic carbocycles. The van der Waals surface area contributed by atoms with E-state index in [-0.39, 0.29) is 0 Å². The van der Waals surface area contributed by atoms with Gasteiger partial charge in [-0.1, -0.05) is 20.8 Å². The molecule has 1 rings (SSSR count). The van der Waals surface area contributed by atoms with Crippen molar-refractivity contribution in [1.82, 2.24) is 15.3 Å². The first kappa shape index (κ1) is 13.9. The quantitative estimate of drug-likeness (QED) is 0.763. The predicted octanol–water partition coefficient (Wildman–Crippen LogP) is 2.35. The Labute approximate surface area is 104 Å². The summed E-state index contributed by atoms with van der Waals surface area (Å²) in [6.45, 7) is 11.4.